The molecule has 2 aromatic rings. The summed E-state index contributed by atoms with van der Waals surface area (Å²) in [7, 11) is 0. The van der Waals surface area contributed by atoms with Crippen LogP contribution in [0.25, 0.3) is 0 Å². The van der Waals surface area contributed by atoms with Crippen LogP contribution in [0.2, 0.25) is 0 Å². The second-order valence-electron chi connectivity index (χ2n) is 5.57. The Morgan fingerprint density at radius 1 is 1.10 bits per heavy atom. The molecule has 0 saturated carbocycles. The van der Waals surface area contributed by atoms with E-state index in [1.807, 2.05) is 11.3 Å². The van der Waals surface area contributed by atoms with Crippen LogP contribution in [-0.4, -0.2) is 5.75 Å². The molecule has 1 aliphatic heterocycles. The molecule has 106 valence electrons. The fourth-order valence-electron chi connectivity index (χ4n) is 3.03. The highest BCUT2D eigenvalue weighted by Crippen LogP contribution is 2.42. The van der Waals surface area contributed by atoms with Crippen LogP contribution in [0, 0.1) is 20.8 Å². The van der Waals surface area contributed by atoms with Gasteiger partial charge >= 0.3 is 0 Å². The summed E-state index contributed by atoms with van der Waals surface area (Å²) in [6.45, 7) is 6.63. The lowest BCUT2D eigenvalue weighted by molar-refractivity contribution is 1.12. The maximum absolute atomic E-state index is 3.95. The number of thiophene rings is 1. The van der Waals surface area contributed by atoms with Crippen LogP contribution in [0.5, 0.6) is 0 Å². The van der Waals surface area contributed by atoms with Crippen molar-refractivity contribution in [3.63, 3.8) is 0 Å². The molecule has 0 spiro atoms. The van der Waals surface area contributed by atoms with Crippen LogP contribution in [0.3, 0.4) is 0 Å². The highest BCUT2D eigenvalue weighted by atomic mass is 79.9. The second-order valence-corrected chi connectivity index (χ2v) is 8.76. The summed E-state index contributed by atoms with van der Waals surface area (Å²) in [5.74, 6) is 2.47. The van der Waals surface area contributed by atoms with Crippen molar-refractivity contribution >= 4 is 39.0 Å². The van der Waals surface area contributed by atoms with Gasteiger partial charge in [-0.3, -0.25) is 0 Å². The molecule has 0 nitrogen and oxygen atoms in total. The second kappa shape index (κ2) is 5.86. The Morgan fingerprint density at radius 3 is 2.45 bits per heavy atom. The molecule has 1 unspecified atom stereocenters. The maximum Gasteiger partial charge on any atom is 0.0743 e. The van der Waals surface area contributed by atoms with Crippen LogP contribution in [-0.2, 0) is 12.2 Å². The zero-order chi connectivity index (χ0) is 14.3. The van der Waals surface area contributed by atoms with Crippen LogP contribution in [0.15, 0.2) is 18.2 Å². The Kier molecular flexibility index (Phi) is 4.30. The van der Waals surface area contributed by atoms with Gasteiger partial charge in [0.2, 0.25) is 0 Å². The van der Waals surface area contributed by atoms with E-state index in [4.69, 9.17) is 0 Å². The molecule has 1 aromatic carbocycles. The van der Waals surface area contributed by atoms with Gasteiger partial charge in [-0.25, -0.2) is 0 Å². The molecule has 1 aliphatic rings. The summed E-state index contributed by atoms with van der Waals surface area (Å²) in [6.07, 6.45) is 1.25. The normalized spacial score (nSPS) is 16.0. The van der Waals surface area contributed by atoms with Gasteiger partial charge in [-0.05, 0) is 61.3 Å². The number of alkyl halides is 1. The van der Waals surface area contributed by atoms with Crippen molar-refractivity contribution in [2.45, 2.75) is 37.8 Å². The van der Waals surface area contributed by atoms with E-state index in [0.717, 1.165) is 0 Å². The summed E-state index contributed by atoms with van der Waals surface area (Å²) >= 11 is 8.01. The van der Waals surface area contributed by atoms with Gasteiger partial charge in [0.25, 0.3) is 0 Å². The minimum atomic E-state index is 0.337. The van der Waals surface area contributed by atoms with Crippen LogP contribution in [0.1, 0.15) is 42.4 Å². The van der Waals surface area contributed by atoms with Crippen LogP contribution < -0.4 is 0 Å². The third-order valence-electron chi connectivity index (χ3n) is 3.89. The van der Waals surface area contributed by atoms with Crippen LogP contribution in [0.4, 0.5) is 0 Å². The number of thioether (sulfide) groups is 1. The molecule has 2 heterocycles. The first kappa shape index (κ1) is 14.7. The first-order valence-electron chi connectivity index (χ1n) is 6.97. The Morgan fingerprint density at radius 2 is 1.80 bits per heavy atom. The average molecular weight is 367 g/mol. The Balaban J connectivity index is 2.00. The molecule has 3 heteroatoms. The van der Waals surface area contributed by atoms with Gasteiger partial charge in [0.15, 0.2) is 0 Å². The summed E-state index contributed by atoms with van der Waals surface area (Å²) in [5.41, 5.74) is 7.15. The average Bonchev–Trinajstić information content (AvgIpc) is 2.81. The van der Waals surface area contributed by atoms with Gasteiger partial charge < -0.3 is 0 Å². The Labute approximate surface area is 138 Å². The van der Waals surface area contributed by atoms with Gasteiger partial charge in [-0.15, -0.1) is 11.3 Å². The number of rotatable bonds is 2. The molecular weight excluding hydrogens is 348 g/mol. The van der Waals surface area contributed by atoms with Crippen molar-refractivity contribution in [1.82, 2.24) is 0 Å². The quantitative estimate of drug-likeness (QED) is 0.591. The fourth-order valence-corrected chi connectivity index (χ4v) is 6.53. The van der Waals surface area contributed by atoms with E-state index in [1.165, 1.54) is 45.1 Å². The Bertz CT molecular complexity index is 596. The molecule has 1 aromatic heterocycles. The highest BCUT2D eigenvalue weighted by molar-refractivity contribution is 9.09. The van der Waals surface area contributed by atoms with E-state index < -0.39 is 0 Å². The van der Waals surface area contributed by atoms with Crippen molar-refractivity contribution in [2.75, 3.05) is 5.75 Å². The highest BCUT2D eigenvalue weighted by Gasteiger charge is 2.21. The maximum atomic E-state index is 3.95. The molecule has 3 rings (SSSR count). The summed E-state index contributed by atoms with van der Waals surface area (Å²) in [6, 6.07) is 7.00. The van der Waals surface area contributed by atoms with E-state index >= 15 is 0 Å². The largest absolute Gasteiger partial charge is 0.157 e. The summed E-state index contributed by atoms with van der Waals surface area (Å²) in [5, 5.41) is 0. The third-order valence-corrected chi connectivity index (χ3v) is 7.45. The van der Waals surface area contributed by atoms with Crippen molar-refractivity contribution in [2.24, 2.45) is 0 Å². The fraction of sp³-hybridized carbons (Fsp3) is 0.412. The lowest BCUT2D eigenvalue weighted by atomic mass is 9.96. The summed E-state index contributed by atoms with van der Waals surface area (Å²) < 4.78 is 0. The first-order valence-corrected chi connectivity index (χ1v) is 9.86. The topological polar surface area (TPSA) is 0 Å². The van der Waals surface area contributed by atoms with Gasteiger partial charge in [-0.2, -0.15) is 11.8 Å². The van der Waals surface area contributed by atoms with Gasteiger partial charge in [0, 0.05) is 15.5 Å². The molecule has 0 aliphatic carbocycles. The number of benzene rings is 1. The van der Waals surface area contributed by atoms with Crippen molar-refractivity contribution in [3.8, 4) is 0 Å². The summed E-state index contributed by atoms with van der Waals surface area (Å²) in [4.78, 5) is 3.40. The van der Waals surface area contributed by atoms with Crippen LogP contribution >= 0.6 is 39.0 Å². The van der Waals surface area contributed by atoms with Gasteiger partial charge in [0.1, 0.15) is 0 Å². The molecule has 0 fully saturated rings. The van der Waals surface area contributed by atoms with E-state index in [2.05, 4.69) is 66.7 Å². The van der Waals surface area contributed by atoms with Crippen molar-refractivity contribution in [3.05, 3.63) is 55.8 Å². The number of hydrogen-bond acceptors (Lipinski definition) is 2. The predicted molar refractivity (Wildman–Crippen MR) is 95.6 cm³/mol. The van der Waals surface area contributed by atoms with Gasteiger partial charge in [-0.1, -0.05) is 33.6 Å². The number of aryl methyl sites for hydroxylation is 4. The van der Waals surface area contributed by atoms with E-state index in [-0.39, 0.29) is 0 Å². The molecule has 0 bridgehead atoms. The predicted octanol–water partition coefficient (Wildman–Crippen LogP) is 5.95. The SMILES string of the molecule is Cc1cc(C)c(C(Br)c2cc3c(s2)CCSC3)c(C)c1. The van der Waals surface area contributed by atoms with E-state index in [9.17, 15) is 0 Å². The van der Waals surface area contributed by atoms with E-state index in [1.54, 1.807) is 10.4 Å². The number of halogens is 1. The van der Waals surface area contributed by atoms with Gasteiger partial charge in [0.05, 0.1) is 4.83 Å². The lowest BCUT2D eigenvalue weighted by Crippen LogP contribution is -1.98. The number of fused-ring (bicyclic) bond motifs is 1. The molecule has 0 N–H and O–H groups in total. The Hall–Kier alpha value is -0.250. The minimum absolute atomic E-state index is 0.337. The molecule has 0 saturated heterocycles. The molecule has 0 amide bonds. The third kappa shape index (κ3) is 2.72. The smallest absolute Gasteiger partial charge is 0.0743 e. The minimum Gasteiger partial charge on any atom is -0.157 e. The molecule has 1 atom stereocenters. The van der Waals surface area contributed by atoms with Crippen molar-refractivity contribution in [1.29, 1.82) is 0 Å². The molecular formula is C17H19BrS2. The molecule has 0 radical (unpaired) electrons. The zero-order valence-electron chi connectivity index (χ0n) is 12.1. The first-order chi connectivity index (χ1) is 9.56. The van der Waals surface area contributed by atoms with Crippen molar-refractivity contribution < 1.29 is 0 Å². The zero-order valence-corrected chi connectivity index (χ0v) is 15.3. The monoisotopic (exact) mass is 366 g/mol. The van der Waals surface area contributed by atoms with E-state index in [0.29, 0.717) is 4.83 Å². The number of hydrogen-bond donors (Lipinski definition) is 0. The standard InChI is InChI=1S/C17H19BrS2/c1-10-6-11(2)16(12(3)7-10)17(18)15-8-13-9-19-5-4-14(13)20-15/h6-8,17H,4-5,9H2,1-3H3. The lowest BCUT2D eigenvalue weighted by Gasteiger charge is -2.16. The molecule has 20 heavy (non-hydrogen) atoms.